The van der Waals surface area contributed by atoms with Gasteiger partial charge in [0.2, 0.25) is 5.89 Å². The van der Waals surface area contributed by atoms with Gasteiger partial charge in [-0.2, -0.15) is 4.98 Å². The Labute approximate surface area is 113 Å². The Morgan fingerprint density at radius 3 is 2.89 bits per heavy atom. The summed E-state index contributed by atoms with van der Waals surface area (Å²) in [4.78, 5) is 4.48. The summed E-state index contributed by atoms with van der Waals surface area (Å²) in [6.45, 7) is 1.05. The Bertz CT molecular complexity index is 503. The molecule has 1 aromatic heterocycles. The second-order valence-corrected chi connectivity index (χ2v) is 5.04. The van der Waals surface area contributed by atoms with Crippen LogP contribution in [0, 0.1) is 0 Å². The van der Waals surface area contributed by atoms with Crippen molar-refractivity contribution in [1.82, 2.24) is 15.5 Å². The van der Waals surface area contributed by atoms with E-state index in [4.69, 9.17) is 4.52 Å². The van der Waals surface area contributed by atoms with Gasteiger partial charge in [0.15, 0.2) is 5.82 Å². The smallest absolute Gasteiger partial charge is 0.243 e. The fourth-order valence-electron chi connectivity index (χ4n) is 2.50. The van der Waals surface area contributed by atoms with Crippen LogP contribution in [0.5, 0.6) is 0 Å². The van der Waals surface area contributed by atoms with Gasteiger partial charge in [-0.3, -0.25) is 0 Å². The summed E-state index contributed by atoms with van der Waals surface area (Å²) in [5.41, 5.74) is 1.36. The number of hydrogen-bond donors (Lipinski definition) is 1. The Hall–Kier alpha value is -1.68. The predicted octanol–water partition coefficient (Wildman–Crippen LogP) is 2.67. The molecule has 1 N–H and O–H groups in total. The third-order valence-electron chi connectivity index (χ3n) is 3.55. The molecule has 0 spiro atoms. The van der Waals surface area contributed by atoms with Crippen molar-refractivity contribution in [2.24, 2.45) is 0 Å². The molecule has 0 saturated carbocycles. The minimum absolute atomic E-state index is 0.273. The van der Waals surface area contributed by atoms with Crippen LogP contribution in [-0.4, -0.2) is 16.7 Å². The molecule has 1 atom stereocenters. The van der Waals surface area contributed by atoms with Crippen molar-refractivity contribution >= 4 is 0 Å². The van der Waals surface area contributed by atoms with Crippen LogP contribution in [0.25, 0.3) is 0 Å². The molecule has 3 rings (SSSR count). The van der Waals surface area contributed by atoms with Gasteiger partial charge < -0.3 is 9.84 Å². The summed E-state index contributed by atoms with van der Waals surface area (Å²) in [5.74, 6) is 1.59. The molecule has 1 aromatic carbocycles. The van der Waals surface area contributed by atoms with Gasteiger partial charge in [-0.05, 0) is 37.8 Å². The third kappa shape index (κ3) is 3.20. The van der Waals surface area contributed by atoms with Crippen LogP contribution in [0.4, 0.5) is 0 Å². The summed E-state index contributed by atoms with van der Waals surface area (Å²) in [5, 5.41) is 7.44. The predicted molar refractivity (Wildman–Crippen MR) is 72.7 cm³/mol. The van der Waals surface area contributed by atoms with Crippen LogP contribution in [0.2, 0.25) is 0 Å². The van der Waals surface area contributed by atoms with Crippen molar-refractivity contribution in [3.8, 4) is 0 Å². The van der Waals surface area contributed by atoms with E-state index in [1.807, 2.05) is 6.07 Å². The average Bonchev–Trinajstić information content (AvgIpc) is 3.10. The van der Waals surface area contributed by atoms with Crippen molar-refractivity contribution in [2.45, 2.75) is 38.1 Å². The van der Waals surface area contributed by atoms with E-state index in [1.165, 1.54) is 12.0 Å². The van der Waals surface area contributed by atoms with E-state index in [1.54, 1.807) is 0 Å². The van der Waals surface area contributed by atoms with Crippen LogP contribution in [-0.2, 0) is 12.8 Å². The van der Waals surface area contributed by atoms with Gasteiger partial charge in [0.05, 0.1) is 6.04 Å². The van der Waals surface area contributed by atoms with Gasteiger partial charge >= 0.3 is 0 Å². The minimum atomic E-state index is 0.273. The van der Waals surface area contributed by atoms with Crippen LogP contribution in [0.1, 0.15) is 42.6 Å². The summed E-state index contributed by atoms with van der Waals surface area (Å²) < 4.78 is 5.33. The molecule has 1 aliphatic rings. The lowest BCUT2D eigenvalue weighted by molar-refractivity contribution is 0.341. The lowest BCUT2D eigenvalue weighted by atomic mass is 10.1. The summed E-state index contributed by atoms with van der Waals surface area (Å²) >= 11 is 0. The Morgan fingerprint density at radius 1 is 1.21 bits per heavy atom. The number of hydrogen-bond acceptors (Lipinski definition) is 4. The first-order valence-corrected chi connectivity index (χ1v) is 7.01. The normalized spacial score (nSPS) is 18.8. The number of rotatable bonds is 5. The van der Waals surface area contributed by atoms with E-state index >= 15 is 0 Å². The zero-order chi connectivity index (χ0) is 12.9. The molecule has 2 aromatic rings. The molecule has 0 radical (unpaired) electrons. The summed E-state index contributed by atoms with van der Waals surface area (Å²) in [7, 11) is 0. The van der Waals surface area contributed by atoms with Crippen LogP contribution in [0.15, 0.2) is 34.9 Å². The Balaban J connectivity index is 1.50. The van der Waals surface area contributed by atoms with Crippen molar-refractivity contribution in [2.75, 3.05) is 6.54 Å². The molecule has 1 aliphatic heterocycles. The molecule has 0 amide bonds. The molecule has 1 saturated heterocycles. The molecular formula is C15H19N3O. The molecular weight excluding hydrogens is 238 g/mol. The van der Waals surface area contributed by atoms with Crippen LogP contribution < -0.4 is 5.32 Å². The van der Waals surface area contributed by atoms with Gasteiger partial charge in [-0.25, -0.2) is 0 Å². The van der Waals surface area contributed by atoms with Crippen molar-refractivity contribution < 1.29 is 4.52 Å². The van der Waals surface area contributed by atoms with Gasteiger partial charge in [0.25, 0.3) is 0 Å². The number of aryl methyl sites for hydroxylation is 2. The second kappa shape index (κ2) is 5.97. The van der Waals surface area contributed by atoms with E-state index in [2.05, 4.69) is 39.7 Å². The molecule has 100 valence electrons. The third-order valence-corrected chi connectivity index (χ3v) is 3.55. The average molecular weight is 257 g/mol. The second-order valence-electron chi connectivity index (χ2n) is 5.04. The van der Waals surface area contributed by atoms with E-state index in [0.29, 0.717) is 0 Å². The zero-order valence-corrected chi connectivity index (χ0v) is 11.0. The largest absolute Gasteiger partial charge is 0.338 e. The Kier molecular flexibility index (Phi) is 3.89. The van der Waals surface area contributed by atoms with E-state index in [0.717, 1.165) is 43.9 Å². The quantitative estimate of drug-likeness (QED) is 0.894. The van der Waals surface area contributed by atoms with E-state index in [-0.39, 0.29) is 6.04 Å². The number of aromatic nitrogens is 2. The molecule has 19 heavy (non-hydrogen) atoms. The highest BCUT2D eigenvalue weighted by atomic mass is 16.5. The molecule has 2 heterocycles. The Morgan fingerprint density at radius 2 is 2.11 bits per heavy atom. The fourth-order valence-corrected chi connectivity index (χ4v) is 2.50. The maximum absolute atomic E-state index is 5.33. The lowest BCUT2D eigenvalue weighted by Crippen LogP contribution is -2.13. The zero-order valence-electron chi connectivity index (χ0n) is 11.0. The molecule has 1 fully saturated rings. The van der Waals surface area contributed by atoms with Gasteiger partial charge in [0.1, 0.15) is 0 Å². The highest BCUT2D eigenvalue weighted by Gasteiger charge is 2.21. The van der Waals surface area contributed by atoms with Crippen LogP contribution >= 0.6 is 0 Å². The molecule has 4 nitrogen and oxygen atoms in total. The molecule has 0 unspecified atom stereocenters. The van der Waals surface area contributed by atoms with Gasteiger partial charge in [-0.15, -0.1) is 0 Å². The number of nitrogens with one attached hydrogen (secondary N) is 1. The standard InChI is InChI=1S/C15H19N3O/c1-2-6-12(7-3-1)8-4-10-14-17-15(19-18-14)13-9-5-11-16-13/h1-3,6-7,13,16H,4-5,8-11H2/t13-/m1/s1. The number of nitrogens with zero attached hydrogens (tertiary/aromatic N) is 2. The maximum atomic E-state index is 5.33. The lowest BCUT2D eigenvalue weighted by Gasteiger charge is -2.01. The first-order chi connectivity index (χ1) is 9.42. The summed E-state index contributed by atoms with van der Waals surface area (Å²) in [6.07, 6.45) is 5.29. The van der Waals surface area contributed by atoms with Gasteiger partial charge in [0, 0.05) is 6.42 Å². The first-order valence-electron chi connectivity index (χ1n) is 7.01. The molecule has 4 heteroatoms. The van der Waals surface area contributed by atoms with E-state index in [9.17, 15) is 0 Å². The van der Waals surface area contributed by atoms with Crippen molar-refractivity contribution in [3.05, 3.63) is 47.6 Å². The SMILES string of the molecule is c1ccc(CCCc2noc([C@H]3CCCN3)n2)cc1. The summed E-state index contributed by atoms with van der Waals surface area (Å²) in [6, 6.07) is 10.8. The number of benzene rings is 1. The van der Waals surface area contributed by atoms with Crippen LogP contribution in [0.3, 0.4) is 0 Å². The monoisotopic (exact) mass is 257 g/mol. The van der Waals surface area contributed by atoms with Crippen molar-refractivity contribution in [3.63, 3.8) is 0 Å². The van der Waals surface area contributed by atoms with Crippen molar-refractivity contribution in [1.29, 1.82) is 0 Å². The first kappa shape index (κ1) is 12.4. The van der Waals surface area contributed by atoms with Gasteiger partial charge in [-0.1, -0.05) is 35.5 Å². The maximum Gasteiger partial charge on any atom is 0.243 e. The van der Waals surface area contributed by atoms with E-state index < -0.39 is 0 Å². The minimum Gasteiger partial charge on any atom is -0.338 e. The molecule has 0 aliphatic carbocycles. The fraction of sp³-hybridized carbons (Fsp3) is 0.467. The highest BCUT2D eigenvalue weighted by Crippen LogP contribution is 2.21. The highest BCUT2D eigenvalue weighted by molar-refractivity contribution is 5.14. The molecule has 0 bridgehead atoms. The topological polar surface area (TPSA) is 51.0 Å².